The lowest BCUT2D eigenvalue weighted by atomic mass is 10.1. The van der Waals surface area contributed by atoms with Gasteiger partial charge in [0.05, 0.1) is 15.9 Å². The molecule has 1 atom stereocenters. The monoisotopic (exact) mass is 382 g/mol. The van der Waals surface area contributed by atoms with Crippen LogP contribution in [0.3, 0.4) is 0 Å². The van der Waals surface area contributed by atoms with Crippen LogP contribution in [0.1, 0.15) is 23.6 Å². The van der Waals surface area contributed by atoms with Crippen molar-refractivity contribution in [3.05, 3.63) is 75.3 Å². The smallest absolute Gasteiger partial charge is 0.270 e. The van der Waals surface area contributed by atoms with Crippen LogP contribution in [0, 0.1) is 17.0 Å². The van der Waals surface area contributed by atoms with Gasteiger partial charge in [0.2, 0.25) is 5.91 Å². The van der Waals surface area contributed by atoms with Crippen LogP contribution < -0.4 is 5.32 Å². The number of carbonyl (C=O) groups excluding carboxylic acids is 1. The van der Waals surface area contributed by atoms with Crippen LogP contribution in [-0.4, -0.2) is 27.0 Å². The highest BCUT2D eigenvalue weighted by Crippen LogP contribution is 2.24. The minimum Gasteiger partial charge on any atom is -0.303 e. The van der Waals surface area contributed by atoms with Crippen LogP contribution in [-0.2, 0) is 11.2 Å². The first kappa shape index (κ1) is 18.8. The molecule has 0 aliphatic carbocycles. The van der Waals surface area contributed by atoms with Crippen molar-refractivity contribution in [1.82, 2.24) is 5.32 Å². The minimum absolute atomic E-state index is 0.00327. The van der Waals surface area contributed by atoms with E-state index in [0.717, 1.165) is 11.1 Å². The molecule has 0 spiro atoms. The molecule has 27 heavy (non-hydrogen) atoms. The summed E-state index contributed by atoms with van der Waals surface area (Å²) >= 11 is 1.34. The van der Waals surface area contributed by atoms with E-state index >= 15 is 0 Å². The number of nitro groups is 1. The Labute approximate surface area is 160 Å². The molecule has 3 rings (SSSR count). The number of nitrogens with zero attached hydrogens (tertiary/aromatic N) is 3. The number of rotatable bonds is 5. The fourth-order valence-electron chi connectivity index (χ4n) is 2.66. The van der Waals surface area contributed by atoms with E-state index in [9.17, 15) is 14.9 Å². The van der Waals surface area contributed by atoms with E-state index in [-0.39, 0.29) is 16.8 Å². The van der Waals surface area contributed by atoms with Crippen LogP contribution in [0.4, 0.5) is 5.69 Å². The topological polar surface area (TPSA) is 97.0 Å². The standard InChI is InChI=1S/C19H18N4O3S/c1-12-5-3-6-14(9-12)10-17-18(24)20-19(27-17)22-21-13(2)15-7-4-8-16(11-15)23(25)26/h3-9,11,17H,10H2,1-2H3,(H,20,22,24)/b21-13-/t17-/m1/s1. The van der Waals surface area contributed by atoms with Crippen LogP contribution in [0.2, 0.25) is 0 Å². The molecule has 0 aromatic heterocycles. The molecule has 1 saturated heterocycles. The Balaban J connectivity index is 1.70. The van der Waals surface area contributed by atoms with Gasteiger partial charge in [-0.05, 0) is 25.8 Å². The van der Waals surface area contributed by atoms with Gasteiger partial charge in [0.25, 0.3) is 5.69 Å². The lowest BCUT2D eigenvalue weighted by Gasteiger charge is -2.05. The molecule has 0 radical (unpaired) electrons. The maximum Gasteiger partial charge on any atom is 0.270 e. The van der Waals surface area contributed by atoms with Gasteiger partial charge < -0.3 is 5.32 Å². The number of amides is 1. The maximum atomic E-state index is 12.2. The van der Waals surface area contributed by atoms with Crippen LogP contribution in [0.25, 0.3) is 0 Å². The van der Waals surface area contributed by atoms with Gasteiger partial charge in [-0.25, -0.2) is 0 Å². The van der Waals surface area contributed by atoms with Gasteiger partial charge in [-0.2, -0.15) is 5.10 Å². The van der Waals surface area contributed by atoms with E-state index < -0.39 is 4.92 Å². The van der Waals surface area contributed by atoms with E-state index in [0.29, 0.717) is 22.9 Å². The van der Waals surface area contributed by atoms with Gasteiger partial charge >= 0.3 is 0 Å². The molecule has 1 aliphatic heterocycles. The Morgan fingerprint density at radius 2 is 2.04 bits per heavy atom. The van der Waals surface area contributed by atoms with Crippen molar-refractivity contribution in [3.8, 4) is 0 Å². The number of thioether (sulfide) groups is 1. The fourth-order valence-corrected chi connectivity index (χ4v) is 3.62. The van der Waals surface area contributed by atoms with E-state index in [2.05, 4.69) is 21.6 Å². The lowest BCUT2D eigenvalue weighted by Crippen LogP contribution is -2.26. The van der Waals surface area contributed by atoms with Gasteiger partial charge in [0, 0.05) is 17.7 Å². The summed E-state index contributed by atoms with van der Waals surface area (Å²) in [6, 6.07) is 14.3. The largest absolute Gasteiger partial charge is 0.303 e. The molecule has 0 bridgehead atoms. The Hall–Kier alpha value is -3.00. The Bertz CT molecular complexity index is 955. The summed E-state index contributed by atoms with van der Waals surface area (Å²) in [6.07, 6.45) is 0.616. The second kappa shape index (κ2) is 8.13. The summed E-state index contributed by atoms with van der Waals surface area (Å²) in [5.74, 6) is -0.0940. The second-order valence-electron chi connectivity index (χ2n) is 6.19. The molecule has 0 saturated carbocycles. The van der Waals surface area contributed by atoms with Crippen molar-refractivity contribution in [1.29, 1.82) is 0 Å². The van der Waals surface area contributed by atoms with Gasteiger partial charge in [0.15, 0.2) is 5.17 Å². The van der Waals surface area contributed by atoms with E-state index in [4.69, 9.17) is 0 Å². The number of non-ortho nitro benzene ring substituents is 1. The number of benzene rings is 2. The molecule has 2 aromatic rings. The average Bonchev–Trinajstić information content (AvgIpc) is 2.99. The quantitative estimate of drug-likeness (QED) is 0.486. The maximum absolute atomic E-state index is 12.2. The molecule has 2 aromatic carbocycles. The number of hydrogen-bond donors (Lipinski definition) is 1. The molecule has 7 nitrogen and oxygen atoms in total. The minimum atomic E-state index is -0.453. The van der Waals surface area contributed by atoms with Gasteiger partial charge in [-0.1, -0.05) is 53.7 Å². The Kier molecular flexibility index (Phi) is 5.66. The van der Waals surface area contributed by atoms with Gasteiger partial charge in [0.1, 0.15) is 0 Å². The first-order chi connectivity index (χ1) is 12.9. The molecule has 1 heterocycles. The number of nitrogens with one attached hydrogen (secondary N) is 1. The molecular formula is C19H18N4O3S. The van der Waals surface area contributed by atoms with Gasteiger partial charge in [-0.15, -0.1) is 5.10 Å². The summed E-state index contributed by atoms with van der Waals surface area (Å²) in [6.45, 7) is 3.73. The van der Waals surface area contributed by atoms with Crippen molar-refractivity contribution in [2.45, 2.75) is 25.5 Å². The SMILES string of the molecule is C/C(=N/N=C1\NC(=O)[C@@H](Cc2cccc(C)c2)S1)c1cccc([N+](=O)[O-])c1. The highest BCUT2D eigenvalue weighted by molar-refractivity contribution is 8.15. The summed E-state index contributed by atoms with van der Waals surface area (Å²) in [7, 11) is 0. The zero-order valence-corrected chi connectivity index (χ0v) is 15.7. The van der Waals surface area contributed by atoms with Crippen molar-refractivity contribution < 1.29 is 9.72 Å². The summed E-state index contributed by atoms with van der Waals surface area (Å²) in [5.41, 5.74) is 3.39. The van der Waals surface area contributed by atoms with Crippen LogP contribution in [0.5, 0.6) is 0 Å². The number of amidine groups is 1. The number of nitro benzene ring substituents is 1. The third-order valence-corrected chi connectivity index (χ3v) is 5.12. The Morgan fingerprint density at radius 3 is 2.78 bits per heavy atom. The average molecular weight is 382 g/mol. The predicted molar refractivity (Wildman–Crippen MR) is 107 cm³/mol. The van der Waals surface area contributed by atoms with Crippen molar-refractivity contribution >= 4 is 34.2 Å². The fraction of sp³-hybridized carbons (Fsp3) is 0.211. The zero-order chi connectivity index (χ0) is 19.4. The molecule has 1 amide bonds. The van der Waals surface area contributed by atoms with E-state index in [1.54, 1.807) is 19.1 Å². The zero-order valence-electron chi connectivity index (χ0n) is 14.9. The number of aryl methyl sites for hydroxylation is 1. The Morgan fingerprint density at radius 1 is 1.26 bits per heavy atom. The van der Waals surface area contributed by atoms with Crippen LogP contribution >= 0.6 is 11.8 Å². The highest BCUT2D eigenvalue weighted by Gasteiger charge is 2.30. The van der Waals surface area contributed by atoms with E-state index in [1.807, 2.05) is 25.1 Å². The first-order valence-electron chi connectivity index (χ1n) is 8.32. The summed E-state index contributed by atoms with van der Waals surface area (Å²) in [5, 5.41) is 22.0. The molecule has 1 fully saturated rings. The predicted octanol–water partition coefficient (Wildman–Crippen LogP) is 3.46. The highest BCUT2D eigenvalue weighted by atomic mass is 32.2. The van der Waals surface area contributed by atoms with Gasteiger partial charge in [-0.3, -0.25) is 14.9 Å². The van der Waals surface area contributed by atoms with Crippen molar-refractivity contribution in [2.75, 3.05) is 0 Å². The molecule has 138 valence electrons. The third-order valence-electron chi connectivity index (χ3n) is 4.05. The first-order valence-corrected chi connectivity index (χ1v) is 9.20. The molecule has 8 heteroatoms. The van der Waals surface area contributed by atoms with Crippen LogP contribution in [0.15, 0.2) is 58.7 Å². The molecule has 0 unspecified atom stereocenters. The summed E-state index contributed by atoms with van der Waals surface area (Å²) < 4.78 is 0. The summed E-state index contributed by atoms with van der Waals surface area (Å²) in [4.78, 5) is 22.6. The third kappa shape index (κ3) is 4.79. The lowest BCUT2D eigenvalue weighted by molar-refractivity contribution is -0.384. The van der Waals surface area contributed by atoms with Crippen molar-refractivity contribution in [3.63, 3.8) is 0 Å². The molecule has 1 aliphatic rings. The van der Waals surface area contributed by atoms with Crippen molar-refractivity contribution in [2.24, 2.45) is 10.2 Å². The normalized spacial score (nSPS) is 18.6. The molecular weight excluding hydrogens is 364 g/mol. The number of hydrogen-bond acceptors (Lipinski definition) is 6. The van der Waals surface area contributed by atoms with E-state index in [1.165, 1.54) is 23.9 Å². The molecule has 1 N–H and O–H groups in total. The number of carbonyl (C=O) groups is 1. The second-order valence-corrected chi connectivity index (χ2v) is 7.38.